The summed E-state index contributed by atoms with van der Waals surface area (Å²) in [4.78, 5) is 26.7. The number of nitro benzene ring substituents is 1. The fourth-order valence-electron chi connectivity index (χ4n) is 1.68. The van der Waals surface area contributed by atoms with Crippen molar-refractivity contribution < 1.29 is 9.72 Å². The van der Waals surface area contributed by atoms with Crippen molar-refractivity contribution in [3.05, 3.63) is 38.9 Å². The van der Waals surface area contributed by atoms with Gasteiger partial charge in [-0.1, -0.05) is 0 Å². The Hall–Kier alpha value is -2.48. The highest BCUT2D eigenvalue weighted by Crippen LogP contribution is 2.34. The Kier molecular flexibility index (Phi) is 3.66. The van der Waals surface area contributed by atoms with Crippen LogP contribution >= 0.6 is 11.3 Å². The minimum Gasteiger partial charge on any atom is -0.398 e. The summed E-state index contributed by atoms with van der Waals surface area (Å²) in [5.74, 6) is -0.241. The zero-order valence-electron chi connectivity index (χ0n) is 10.8. The van der Waals surface area contributed by atoms with Crippen LogP contribution in [0.5, 0.6) is 0 Å². The number of nitrogens with zero attached hydrogens (tertiary/aromatic N) is 2. The van der Waals surface area contributed by atoms with Crippen LogP contribution in [0.3, 0.4) is 0 Å². The van der Waals surface area contributed by atoms with Crippen molar-refractivity contribution in [1.29, 1.82) is 0 Å². The van der Waals surface area contributed by atoms with E-state index in [0.29, 0.717) is 26.8 Å². The number of nitrogen functional groups attached to an aromatic ring is 1. The van der Waals surface area contributed by atoms with E-state index in [-0.39, 0.29) is 11.6 Å². The van der Waals surface area contributed by atoms with Gasteiger partial charge in [0.05, 0.1) is 10.6 Å². The Morgan fingerprint density at radius 1 is 1.50 bits per heavy atom. The third kappa shape index (κ3) is 2.45. The van der Waals surface area contributed by atoms with E-state index in [1.54, 1.807) is 6.92 Å². The topological polar surface area (TPSA) is 111 Å². The van der Waals surface area contributed by atoms with Crippen molar-refractivity contribution in [2.24, 2.45) is 0 Å². The number of carbonyl (C=O) groups is 1. The third-order valence-electron chi connectivity index (χ3n) is 2.71. The number of benzene rings is 1. The quantitative estimate of drug-likeness (QED) is 0.510. The number of aromatic nitrogens is 1. The summed E-state index contributed by atoms with van der Waals surface area (Å²) >= 11 is 1.15. The van der Waals surface area contributed by atoms with Crippen LogP contribution in [-0.2, 0) is 0 Å². The first-order valence-electron chi connectivity index (χ1n) is 5.68. The highest BCUT2D eigenvalue weighted by molar-refractivity contribution is 7.17. The monoisotopic (exact) mass is 292 g/mol. The molecule has 7 nitrogen and oxygen atoms in total. The maximum Gasteiger partial charge on any atom is 0.270 e. The van der Waals surface area contributed by atoms with Gasteiger partial charge in [-0.15, -0.1) is 11.3 Å². The predicted molar refractivity (Wildman–Crippen MR) is 76.7 cm³/mol. The lowest BCUT2D eigenvalue weighted by Crippen LogP contribution is -2.17. The van der Waals surface area contributed by atoms with Crippen molar-refractivity contribution in [3.63, 3.8) is 0 Å². The van der Waals surface area contributed by atoms with Crippen LogP contribution in [0, 0.1) is 17.0 Å². The number of nitrogens with two attached hydrogens (primary N) is 1. The van der Waals surface area contributed by atoms with E-state index >= 15 is 0 Å². The normalized spacial score (nSPS) is 10.3. The van der Waals surface area contributed by atoms with Gasteiger partial charge in [-0.05, 0) is 13.0 Å². The fourth-order valence-corrected chi connectivity index (χ4v) is 2.73. The maximum atomic E-state index is 11.7. The smallest absolute Gasteiger partial charge is 0.270 e. The van der Waals surface area contributed by atoms with E-state index < -0.39 is 4.92 Å². The molecule has 1 aromatic carbocycles. The first-order chi connectivity index (χ1) is 9.43. The van der Waals surface area contributed by atoms with Gasteiger partial charge >= 0.3 is 0 Å². The molecule has 0 bridgehead atoms. The van der Waals surface area contributed by atoms with Crippen LogP contribution in [0.4, 0.5) is 11.4 Å². The number of carbonyl (C=O) groups excluding carboxylic acids is 1. The molecule has 1 heterocycles. The molecule has 0 aliphatic heterocycles. The molecule has 0 fully saturated rings. The number of non-ortho nitro benzene ring substituents is 1. The van der Waals surface area contributed by atoms with Gasteiger partial charge in [0.15, 0.2) is 0 Å². The van der Waals surface area contributed by atoms with Gasteiger partial charge in [0.25, 0.3) is 11.6 Å². The van der Waals surface area contributed by atoms with Crippen LogP contribution in [0.15, 0.2) is 18.2 Å². The molecule has 20 heavy (non-hydrogen) atoms. The lowest BCUT2D eigenvalue weighted by Gasteiger charge is -2.01. The molecule has 0 saturated heterocycles. The second-order valence-corrected chi connectivity index (χ2v) is 5.04. The van der Waals surface area contributed by atoms with Gasteiger partial charge in [-0.2, -0.15) is 0 Å². The maximum absolute atomic E-state index is 11.7. The van der Waals surface area contributed by atoms with E-state index in [1.165, 1.54) is 25.2 Å². The number of rotatable bonds is 3. The first kappa shape index (κ1) is 13.9. The summed E-state index contributed by atoms with van der Waals surface area (Å²) < 4.78 is 0. The second-order valence-electron chi connectivity index (χ2n) is 4.04. The van der Waals surface area contributed by atoms with E-state index in [4.69, 9.17) is 5.73 Å². The number of aryl methyl sites for hydroxylation is 1. The highest BCUT2D eigenvalue weighted by Gasteiger charge is 2.18. The summed E-state index contributed by atoms with van der Waals surface area (Å²) in [5, 5.41) is 13.8. The predicted octanol–water partition coefficient (Wildman–Crippen LogP) is 1.97. The largest absolute Gasteiger partial charge is 0.398 e. The van der Waals surface area contributed by atoms with E-state index in [2.05, 4.69) is 10.3 Å². The van der Waals surface area contributed by atoms with Gasteiger partial charge in [-0.25, -0.2) is 4.98 Å². The molecule has 1 aromatic heterocycles. The summed E-state index contributed by atoms with van der Waals surface area (Å²) in [5.41, 5.74) is 7.17. The Morgan fingerprint density at radius 2 is 2.20 bits per heavy atom. The Bertz CT molecular complexity index is 696. The number of thiazole rings is 1. The lowest BCUT2D eigenvalue weighted by molar-refractivity contribution is -0.384. The van der Waals surface area contributed by atoms with Crippen molar-refractivity contribution in [1.82, 2.24) is 10.3 Å². The van der Waals surface area contributed by atoms with Gasteiger partial charge in [0.1, 0.15) is 9.88 Å². The molecule has 8 heteroatoms. The average molecular weight is 292 g/mol. The van der Waals surface area contributed by atoms with Gasteiger partial charge in [-0.3, -0.25) is 14.9 Å². The Labute approximate surface area is 118 Å². The minimum absolute atomic E-state index is 0.0662. The number of hydrogen-bond acceptors (Lipinski definition) is 6. The van der Waals surface area contributed by atoms with Gasteiger partial charge in [0, 0.05) is 30.4 Å². The molecule has 0 saturated carbocycles. The number of hydrogen-bond donors (Lipinski definition) is 2. The lowest BCUT2D eigenvalue weighted by atomic mass is 10.1. The fraction of sp³-hybridized carbons (Fsp3) is 0.167. The van der Waals surface area contributed by atoms with Crippen LogP contribution in [0.25, 0.3) is 10.6 Å². The van der Waals surface area contributed by atoms with E-state index in [1.807, 2.05) is 0 Å². The zero-order chi connectivity index (χ0) is 14.9. The first-order valence-corrected chi connectivity index (χ1v) is 6.49. The number of anilines is 1. The molecule has 2 aromatic rings. The number of nitro groups is 1. The van der Waals surface area contributed by atoms with Crippen molar-refractivity contribution >= 4 is 28.6 Å². The molecular formula is C12H12N4O3S. The zero-order valence-corrected chi connectivity index (χ0v) is 11.7. The molecule has 0 atom stereocenters. The molecule has 0 aliphatic rings. The molecule has 0 spiro atoms. The number of nitrogens with one attached hydrogen (secondary N) is 1. The van der Waals surface area contributed by atoms with Crippen LogP contribution in [0.1, 0.15) is 15.4 Å². The van der Waals surface area contributed by atoms with Crippen LogP contribution in [-0.4, -0.2) is 22.9 Å². The standard InChI is InChI=1S/C12H12N4O3S/c1-6-10(11(17)14-2)20-12(15-6)8-5-7(16(18)19)3-4-9(8)13/h3-5H,13H2,1-2H3,(H,14,17). The van der Waals surface area contributed by atoms with Gasteiger partial charge in [0.2, 0.25) is 0 Å². The van der Waals surface area contributed by atoms with Crippen LogP contribution < -0.4 is 11.1 Å². The Balaban J connectivity index is 2.54. The SMILES string of the molecule is CNC(=O)c1sc(-c2cc([N+](=O)[O-])ccc2N)nc1C. The summed E-state index contributed by atoms with van der Waals surface area (Å²) in [6.45, 7) is 1.71. The summed E-state index contributed by atoms with van der Waals surface area (Å²) in [6.07, 6.45) is 0. The van der Waals surface area contributed by atoms with E-state index in [0.717, 1.165) is 11.3 Å². The molecule has 2 rings (SSSR count). The third-order valence-corrected chi connectivity index (χ3v) is 3.90. The van der Waals surface area contributed by atoms with Crippen molar-refractivity contribution in [2.75, 3.05) is 12.8 Å². The summed E-state index contributed by atoms with van der Waals surface area (Å²) in [6, 6.07) is 4.16. The molecule has 0 aliphatic carbocycles. The van der Waals surface area contributed by atoms with Gasteiger partial charge < -0.3 is 11.1 Å². The molecule has 3 N–H and O–H groups in total. The van der Waals surface area contributed by atoms with E-state index in [9.17, 15) is 14.9 Å². The Morgan fingerprint density at radius 3 is 2.80 bits per heavy atom. The average Bonchev–Trinajstić information content (AvgIpc) is 2.80. The highest BCUT2D eigenvalue weighted by atomic mass is 32.1. The second kappa shape index (κ2) is 5.25. The van der Waals surface area contributed by atoms with Crippen molar-refractivity contribution in [2.45, 2.75) is 6.92 Å². The molecule has 1 amide bonds. The minimum atomic E-state index is -0.497. The number of amides is 1. The van der Waals surface area contributed by atoms with Crippen molar-refractivity contribution in [3.8, 4) is 10.6 Å². The van der Waals surface area contributed by atoms with Crippen LogP contribution in [0.2, 0.25) is 0 Å². The molecule has 0 unspecified atom stereocenters. The molecular weight excluding hydrogens is 280 g/mol. The summed E-state index contributed by atoms with van der Waals surface area (Å²) in [7, 11) is 1.53. The molecule has 0 radical (unpaired) electrons. The molecule has 104 valence electrons.